The van der Waals surface area contributed by atoms with E-state index >= 15 is 0 Å². The second kappa shape index (κ2) is 7.53. The standard InChI is InChI=1S/C19H19N3O3S/c1-3-22-18(24)15-9-8-12(10-16(15)21-19(22)26)17(23)20-13-6-5-7-14(11-13)25-4-2/h5-11H,3-4H2,1-2H3,(H,20,23)(H,21,26). The molecule has 0 radical (unpaired) electrons. The lowest BCUT2D eigenvalue weighted by atomic mass is 10.1. The summed E-state index contributed by atoms with van der Waals surface area (Å²) in [6.45, 7) is 4.80. The largest absolute Gasteiger partial charge is 0.494 e. The third-order valence-electron chi connectivity index (χ3n) is 3.96. The Morgan fingerprint density at radius 1 is 1.23 bits per heavy atom. The lowest BCUT2D eigenvalue weighted by Gasteiger charge is -2.09. The van der Waals surface area contributed by atoms with Crippen molar-refractivity contribution in [3.63, 3.8) is 0 Å². The van der Waals surface area contributed by atoms with Gasteiger partial charge < -0.3 is 15.0 Å². The molecule has 0 aliphatic heterocycles. The van der Waals surface area contributed by atoms with Crippen molar-refractivity contribution < 1.29 is 9.53 Å². The van der Waals surface area contributed by atoms with Crippen LogP contribution in [0.25, 0.3) is 10.9 Å². The first-order valence-corrected chi connectivity index (χ1v) is 8.75. The average Bonchev–Trinajstić information content (AvgIpc) is 2.62. The predicted octanol–water partition coefficient (Wildman–Crippen LogP) is 3.73. The lowest BCUT2D eigenvalue weighted by Crippen LogP contribution is -2.21. The fourth-order valence-electron chi connectivity index (χ4n) is 2.72. The van der Waals surface area contributed by atoms with Gasteiger partial charge in [-0.1, -0.05) is 6.07 Å². The molecule has 1 aromatic heterocycles. The van der Waals surface area contributed by atoms with Gasteiger partial charge in [0.15, 0.2) is 4.77 Å². The van der Waals surface area contributed by atoms with E-state index in [0.717, 1.165) is 0 Å². The summed E-state index contributed by atoms with van der Waals surface area (Å²) < 4.78 is 7.26. The summed E-state index contributed by atoms with van der Waals surface area (Å²) in [4.78, 5) is 28.0. The number of H-pyrrole nitrogens is 1. The molecule has 0 bridgehead atoms. The van der Waals surface area contributed by atoms with Crippen molar-refractivity contribution in [3.8, 4) is 5.75 Å². The van der Waals surface area contributed by atoms with Gasteiger partial charge in [0.1, 0.15) is 5.75 Å². The van der Waals surface area contributed by atoms with Gasteiger partial charge in [-0.3, -0.25) is 14.2 Å². The van der Waals surface area contributed by atoms with E-state index in [4.69, 9.17) is 17.0 Å². The molecule has 0 aliphatic carbocycles. The molecular formula is C19H19N3O3S. The van der Waals surface area contributed by atoms with Gasteiger partial charge in [0.2, 0.25) is 0 Å². The molecule has 0 fully saturated rings. The van der Waals surface area contributed by atoms with Gasteiger partial charge in [0.25, 0.3) is 11.5 Å². The molecule has 2 aromatic carbocycles. The highest BCUT2D eigenvalue weighted by atomic mass is 32.1. The Morgan fingerprint density at radius 3 is 2.77 bits per heavy atom. The molecule has 3 aromatic rings. The Balaban J connectivity index is 1.93. The number of aromatic amines is 1. The van der Waals surface area contributed by atoms with Crippen LogP contribution in [-0.4, -0.2) is 22.1 Å². The molecular weight excluding hydrogens is 350 g/mol. The number of anilines is 1. The fourth-order valence-corrected chi connectivity index (χ4v) is 3.04. The fraction of sp³-hybridized carbons (Fsp3) is 0.211. The Kier molecular flexibility index (Phi) is 5.18. The number of benzene rings is 2. The molecule has 0 spiro atoms. The highest BCUT2D eigenvalue weighted by Gasteiger charge is 2.10. The molecule has 0 atom stereocenters. The van der Waals surface area contributed by atoms with Crippen LogP contribution in [0.5, 0.6) is 5.75 Å². The molecule has 3 rings (SSSR count). The monoisotopic (exact) mass is 369 g/mol. The molecule has 2 N–H and O–H groups in total. The highest BCUT2D eigenvalue weighted by molar-refractivity contribution is 7.71. The van der Waals surface area contributed by atoms with Crippen molar-refractivity contribution in [1.82, 2.24) is 9.55 Å². The molecule has 0 aliphatic rings. The number of amides is 1. The molecule has 0 saturated heterocycles. The third-order valence-corrected chi connectivity index (χ3v) is 4.29. The Morgan fingerprint density at radius 2 is 2.04 bits per heavy atom. The van der Waals surface area contributed by atoms with Crippen LogP contribution in [0.15, 0.2) is 47.3 Å². The lowest BCUT2D eigenvalue weighted by molar-refractivity contribution is 0.102. The van der Waals surface area contributed by atoms with Gasteiger partial charge in [-0.15, -0.1) is 0 Å². The van der Waals surface area contributed by atoms with E-state index < -0.39 is 0 Å². The maximum atomic E-state index is 12.5. The highest BCUT2D eigenvalue weighted by Crippen LogP contribution is 2.19. The number of nitrogens with one attached hydrogen (secondary N) is 2. The molecule has 0 unspecified atom stereocenters. The summed E-state index contributed by atoms with van der Waals surface area (Å²) in [7, 11) is 0. The van der Waals surface area contributed by atoms with Crippen LogP contribution >= 0.6 is 12.2 Å². The Bertz CT molecular complexity index is 1090. The molecule has 1 heterocycles. The number of aromatic nitrogens is 2. The van der Waals surface area contributed by atoms with Gasteiger partial charge in [-0.2, -0.15) is 0 Å². The summed E-state index contributed by atoms with van der Waals surface area (Å²) in [6, 6.07) is 12.1. The summed E-state index contributed by atoms with van der Waals surface area (Å²) >= 11 is 5.21. The molecule has 7 heteroatoms. The molecule has 134 valence electrons. The first-order valence-electron chi connectivity index (χ1n) is 8.34. The number of ether oxygens (including phenoxy) is 1. The summed E-state index contributed by atoms with van der Waals surface area (Å²) in [6.07, 6.45) is 0. The van der Waals surface area contributed by atoms with Gasteiger partial charge in [0, 0.05) is 23.9 Å². The number of hydrogen-bond acceptors (Lipinski definition) is 4. The van der Waals surface area contributed by atoms with E-state index in [1.807, 2.05) is 26.0 Å². The number of hydrogen-bond donors (Lipinski definition) is 2. The predicted molar refractivity (Wildman–Crippen MR) is 105 cm³/mol. The van der Waals surface area contributed by atoms with Crippen LogP contribution in [0.1, 0.15) is 24.2 Å². The number of nitrogens with zero attached hydrogens (tertiary/aromatic N) is 1. The quantitative estimate of drug-likeness (QED) is 0.672. The Hall–Kier alpha value is -2.93. The van der Waals surface area contributed by atoms with E-state index in [-0.39, 0.29) is 11.5 Å². The minimum Gasteiger partial charge on any atom is -0.494 e. The smallest absolute Gasteiger partial charge is 0.262 e. The van der Waals surface area contributed by atoms with E-state index in [1.54, 1.807) is 30.3 Å². The van der Waals surface area contributed by atoms with Gasteiger partial charge in [0.05, 0.1) is 17.5 Å². The summed E-state index contributed by atoms with van der Waals surface area (Å²) in [5, 5.41) is 3.33. The zero-order valence-electron chi connectivity index (χ0n) is 14.5. The minimum atomic E-state index is -0.278. The molecule has 0 saturated carbocycles. The normalized spacial score (nSPS) is 10.7. The minimum absolute atomic E-state index is 0.164. The number of rotatable bonds is 5. The van der Waals surface area contributed by atoms with Crippen molar-refractivity contribution >= 4 is 34.7 Å². The Labute approximate surface area is 155 Å². The SMILES string of the molecule is CCOc1cccc(NC(=O)c2ccc3c(=O)n(CC)c(=S)[nH]c3c2)c1. The molecule has 1 amide bonds. The number of fused-ring (bicyclic) bond motifs is 1. The summed E-state index contributed by atoms with van der Waals surface area (Å²) in [5.41, 5.74) is 1.44. The third kappa shape index (κ3) is 3.52. The topological polar surface area (TPSA) is 76.1 Å². The van der Waals surface area contributed by atoms with E-state index in [9.17, 15) is 9.59 Å². The van der Waals surface area contributed by atoms with Crippen LogP contribution < -0.4 is 15.6 Å². The molecule has 26 heavy (non-hydrogen) atoms. The second-order valence-electron chi connectivity index (χ2n) is 5.65. The second-order valence-corrected chi connectivity index (χ2v) is 6.04. The van der Waals surface area contributed by atoms with Crippen LogP contribution in [0.2, 0.25) is 0 Å². The van der Waals surface area contributed by atoms with E-state index in [2.05, 4.69) is 10.3 Å². The van der Waals surface area contributed by atoms with Gasteiger partial charge in [-0.05, 0) is 56.4 Å². The maximum absolute atomic E-state index is 12.5. The number of carbonyl (C=O) groups excluding carboxylic acids is 1. The first kappa shape index (κ1) is 17.9. The van der Waals surface area contributed by atoms with Crippen LogP contribution in [0.3, 0.4) is 0 Å². The van der Waals surface area contributed by atoms with E-state index in [1.165, 1.54) is 4.57 Å². The van der Waals surface area contributed by atoms with Crippen molar-refractivity contribution in [2.45, 2.75) is 20.4 Å². The maximum Gasteiger partial charge on any atom is 0.262 e. The summed E-state index contributed by atoms with van der Waals surface area (Å²) in [5.74, 6) is 0.410. The van der Waals surface area contributed by atoms with Crippen molar-refractivity contribution in [3.05, 3.63) is 63.2 Å². The van der Waals surface area contributed by atoms with Crippen molar-refractivity contribution in [2.75, 3.05) is 11.9 Å². The number of carbonyl (C=O) groups is 1. The zero-order valence-corrected chi connectivity index (χ0v) is 15.4. The van der Waals surface area contributed by atoms with Gasteiger partial charge >= 0.3 is 0 Å². The van der Waals surface area contributed by atoms with Crippen molar-refractivity contribution in [1.29, 1.82) is 0 Å². The van der Waals surface area contributed by atoms with Crippen LogP contribution in [0.4, 0.5) is 5.69 Å². The first-order chi connectivity index (χ1) is 12.5. The average molecular weight is 369 g/mol. The van der Waals surface area contributed by atoms with E-state index in [0.29, 0.717) is 45.8 Å². The van der Waals surface area contributed by atoms with Crippen molar-refractivity contribution in [2.24, 2.45) is 0 Å². The van der Waals surface area contributed by atoms with Crippen LogP contribution in [-0.2, 0) is 6.54 Å². The van der Waals surface area contributed by atoms with Gasteiger partial charge in [-0.25, -0.2) is 0 Å². The zero-order chi connectivity index (χ0) is 18.7. The molecule has 6 nitrogen and oxygen atoms in total. The van der Waals surface area contributed by atoms with Crippen LogP contribution in [0, 0.1) is 4.77 Å².